The van der Waals surface area contributed by atoms with E-state index in [4.69, 9.17) is 14.2 Å². The second-order valence-corrected chi connectivity index (χ2v) is 10.9. The van der Waals surface area contributed by atoms with Crippen LogP contribution >= 0.6 is 0 Å². The van der Waals surface area contributed by atoms with E-state index < -0.39 is 17.5 Å². The Kier molecular flexibility index (Phi) is 8.00. The lowest BCUT2D eigenvalue weighted by molar-refractivity contribution is -0.173. The third-order valence-electron chi connectivity index (χ3n) is 8.54. The topological polar surface area (TPSA) is 91.8 Å². The zero-order valence-corrected chi connectivity index (χ0v) is 22.0. The molecule has 0 aromatic carbocycles. The molecule has 1 aromatic rings. The summed E-state index contributed by atoms with van der Waals surface area (Å²) in [6.07, 6.45) is 12.6. The number of rotatable bonds is 8. The fourth-order valence-corrected chi connectivity index (χ4v) is 6.55. The van der Waals surface area contributed by atoms with Crippen molar-refractivity contribution in [1.29, 1.82) is 0 Å². The van der Waals surface area contributed by atoms with Crippen molar-refractivity contribution >= 4 is 17.9 Å². The van der Waals surface area contributed by atoms with E-state index in [0.717, 1.165) is 24.8 Å². The molecule has 0 spiro atoms. The fraction of sp³-hybridized carbons (Fsp3) is 0.533. The quantitative estimate of drug-likeness (QED) is 0.265. The maximum Gasteiger partial charge on any atom is 0.339 e. The Bertz CT molecular complexity index is 1110. The van der Waals surface area contributed by atoms with Gasteiger partial charge in [-0.15, -0.1) is 0 Å². The summed E-state index contributed by atoms with van der Waals surface area (Å²) >= 11 is 0. The Morgan fingerprint density at radius 3 is 2.78 bits per heavy atom. The highest BCUT2D eigenvalue weighted by atomic mass is 16.6. The standard InChI is InChI=1S/C30H37NO6/c1-5-7-26(32)36-19-30(4)24-12-9-20(2)23(11-10-21-14-17-35-27(21)33)29(24,3)15-13-25(30)37-28(34)22-8-6-16-31-18-22/h6,8,10-11,14,16,18,23-25H,2,5,7,9,12-13,15,17,19H2,1,3-4H3/b11-10+/t23-,24+,25-,29+,30+/m1/s1. The first-order valence-corrected chi connectivity index (χ1v) is 13.2. The molecule has 7 heteroatoms. The van der Waals surface area contributed by atoms with Gasteiger partial charge in [0.15, 0.2) is 0 Å². The minimum absolute atomic E-state index is 0.0289. The number of cyclic esters (lactones) is 1. The Hall–Kier alpha value is -3.22. The molecule has 0 radical (unpaired) electrons. The van der Waals surface area contributed by atoms with Gasteiger partial charge in [0.05, 0.1) is 11.1 Å². The Balaban J connectivity index is 1.64. The molecule has 2 saturated carbocycles. The number of allylic oxidation sites excluding steroid dienone is 2. The monoisotopic (exact) mass is 507 g/mol. The van der Waals surface area contributed by atoms with E-state index in [-0.39, 0.29) is 35.8 Å². The van der Waals surface area contributed by atoms with Crippen molar-refractivity contribution in [3.05, 3.63) is 66.0 Å². The predicted octanol–water partition coefficient (Wildman–Crippen LogP) is 5.38. The van der Waals surface area contributed by atoms with E-state index in [2.05, 4.69) is 31.5 Å². The van der Waals surface area contributed by atoms with Gasteiger partial charge in [-0.05, 0) is 61.6 Å². The first kappa shape index (κ1) is 26.8. The molecule has 0 bridgehead atoms. The van der Waals surface area contributed by atoms with Crippen molar-refractivity contribution in [3.63, 3.8) is 0 Å². The van der Waals surface area contributed by atoms with E-state index in [1.54, 1.807) is 24.4 Å². The van der Waals surface area contributed by atoms with Gasteiger partial charge in [-0.2, -0.15) is 0 Å². The number of nitrogens with zero attached hydrogens (tertiary/aromatic N) is 1. The third kappa shape index (κ3) is 5.41. The van der Waals surface area contributed by atoms with E-state index in [0.29, 0.717) is 37.0 Å². The van der Waals surface area contributed by atoms with Gasteiger partial charge in [-0.25, -0.2) is 9.59 Å². The Labute approximate surface area is 219 Å². The zero-order chi connectivity index (χ0) is 26.6. The van der Waals surface area contributed by atoms with Gasteiger partial charge >= 0.3 is 17.9 Å². The number of carbonyl (C=O) groups is 3. The summed E-state index contributed by atoms with van der Waals surface area (Å²) in [5.74, 6) is -0.841. The van der Waals surface area contributed by atoms with E-state index in [1.807, 2.05) is 13.0 Å². The van der Waals surface area contributed by atoms with Gasteiger partial charge in [-0.3, -0.25) is 9.78 Å². The first-order chi connectivity index (χ1) is 17.7. The highest BCUT2D eigenvalue weighted by molar-refractivity contribution is 5.93. The maximum atomic E-state index is 13.0. The Morgan fingerprint density at radius 2 is 2.11 bits per heavy atom. The number of aromatic nitrogens is 1. The minimum Gasteiger partial charge on any atom is -0.465 e. The van der Waals surface area contributed by atoms with Gasteiger partial charge in [0.2, 0.25) is 0 Å². The van der Waals surface area contributed by atoms with Crippen molar-refractivity contribution in [2.45, 2.75) is 65.4 Å². The lowest BCUT2D eigenvalue weighted by Crippen LogP contribution is -2.58. The normalized spacial score (nSPS) is 31.4. The van der Waals surface area contributed by atoms with E-state index in [9.17, 15) is 14.4 Å². The van der Waals surface area contributed by atoms with Gasteiger partial charge in [0.25, 0.3) is 0 Å². The first-order valence-electron chi connectivity index (χ1n) is 13.2. The molecule has 3 aliphatic rings. The summed E-state index contributed by atoms with van der Waals surface area (Å²) < 4.78 is 17.0. The predicted molar refractivity (Wildman–Crippen MR) is 138 cm³/mol. The molecule has 1 aliphatic heterocycles. The Morgan fingerprint density at radius 1 is 1.30 bits per heavy atom. The summed E-state index contributed by atoms with van der Waals surface area (Å²) in [6.45, 7) is 11.1. The van der Waals surface area contributed by atoms with Crippen LogP contribution in [0.3, 0.4) is 0 Å². The van der Waals surface area contributed by atoms with E-state index >= 15 is 0 Å². The SMILES string of the molecule is C=C1CC[C@@H]2[C@](C)(COC(=O)CCC)[C@H](OC(=O)c3cccnc3)CC[C@@]2(C)[C@@H]1/C=C/C1=CCOC1=O. The van der Waals surface area contributed by atoms with Gasteiger partial charge in [-0.1, -0.05) is 45.1 Å². The number of fused-ring (bicyclic) bond motifs is 1. The molecule has 37 heavy (non-hydrogen) atoms. The average Bonchev–Trinajstić information content (AvgIpc) is 3.29. The molecule has 2 aliphatic carbocycles. The second kappa shape index (κ2) is 11.0. The molecule has 4 rings (SSSR count). The number of hydrogen-bond acceptors (Lipinski definition) is 7. The highest BCUT2D eigenvalue weighted by Crippen LogP contribution is 2.62. The van der Waals surface area contributed by atoms with Crippen molar-refractivity contribution in [2.24, 2.45) is 22.7 Å². The molecule has 2 heterocycles. The number of ether oxygens (including phenoxy) is 3. The van der Waals surface area contributed by atoms with Crippen LogP contribution in [0.5, 0.6) is 0 Å². The number of hydrogen-bond donors (Lipinski definition) is 0. The highest BCUT2D eigenvalue weighted by Gasteiger charge is 2.59. The van der Waals surface area contributed by atoms with E-state index in [1.165, 1.54) is 6.20 Å². The minimum atomic E-state index is -0.591. The van der Waals surface area contributed by atoms with Gasteiger partial charge in [0, 0.05) is 30.1 Å². The molecule has 1 aromatic heterocycles. The maximum absolute atomic E-state index is 13.0. The van der Waals surface area contributed by atoms with Crippen LogP contribution in [0.2, 0.25) is 0 Å². The molecule has 198 valence electrons. The molecule has 0 saturated heterocycles. The summed E-state index contributed by atoms with van der Waals surface area (Å²) in [5, 5.41) is 0. The van der Waals surface area contributed by atoms with Crippen LogP contribution in [0.4, 0.5) is 0 Å². The molecule has 5 atom stereocenters. The van der Waals surface area contributed by atoms with Crippen LogP contribution in [-0.2, 0) is 23.8 Å². The molecule has 2 fully saturated rings. The van der Waals surface area contributed by atoms with Crippen LogP contribution in [0.15, 0.2) is 60.5 Å². The van der Waals surface area contributed by atoms with Crippen LogP contribution in [0, 0.1) is 22.7 Å². The molecule has 7 nitrogen and oxygen atoms in total. The van der Waals surface area contributed by atoms with Crippen molar-refractivity contribution in [1.82, 2.24) is 4.98 Å². The molecule has 0 N–H and O–H groups in total. The lowest BCUT2D eigenvalue weighted by Gasteiger charge is -2.59. The lowest BCUT2D eigenvalue weighted by atomic mass is 9.46. The van der Waals surface area contributed by atoms with Crippen molar-refractivity contribution in [2.75, 3.05) is 13.2 Å². The van der Waals surface area contributed by atoms with Crippen LogP contribution in [-0.4, -0.2) is 42.2 Å². The summed E-state index contributed by atoms with van der Waals surface area (Å²) in [6, 6.07) is 3.40. The summed E-state index contributed by atoms with van der Waals surface area (Å²) in [7, 11) is 0. The third-order valence-corrected chi connectivity index (χ3v) is 8.54. The van der Waals surface area contributed by atoms with Gasteiger partial charge in [0.1, 0.15) is 19.3 Å². The van der Waals surface area contributed by atoms with Crippen molar-refractivity contribution < 1.29 is 28.6 Å². The number of carbonyl (C=O) groups excluding carboxylic acids is 3. The van der Waals surface area contributed by atoms with Crippen molar-refractivity contribution in [3.8, 4) is 0 Å². The fourth-order valence-electron chi connectivity index (χ4n) is 6.55. The number of esters is 3. The molecule has 0 amide bonds. The van der Waals surface area contributed by atoms with Crippen LogP contribution < -0.4 is 0 Å². The smallest absolute Gasteiger partial charge is 0.339 e. The molecular formula is C30H37NO6. The van der Waals surface area contributed by atoms with Crippen LogP contribution in [0.1, 0.15) is 69.7 Å². The van der Waals surface area contributed by atoms with Crippen LogP contribution in [0.25, 0.3) is 0 Å². The number of pyridine rings is 1. The zero-order valence-electron chi connectivity index (χ0n) is 22.0. The summed E-state index contributed by atoms with van der Waals surface area (Å²) in [5.41, 5.74) is 1.28. The molecule has 0 unspecified atom stereocenters. The second-order valence-electron chi connectivity index (χ2n) is 10.9. The average molecular weight is 508 g/mol. The molecular weight excluding hydrogens is 470 g/mol. The largest absolute Gasteiger partial charge is 0.465 e. The van der Waals surface area contributed by atoms with Gasteiger partial charge < -0.3 is 14.2 Å². The summed E-state index contributed by atoms with van der Waals surface area (Å²) in [4.78, 5) is 41.5.